The van der Waals surface area contributed by atoms with Gasteiger partial charge in [-0.3, -0.25) is 0 Å². The van der Waals surface area contributed by atoms with Gasteiger partial charge in [0.15, 0.2) is 0 Å². The molecular formula is C9H12N2O3S. The van der Waals surface area contributed by atoms with Crippen LogP contribution in [0.4, 0.5) is 5.82 Å². The predicted octanol–water partition coefficient (Wildman–Crippen LogP) is 0.942. The van der Waals surface area contributed by atoms with Crippen LogP contribution in [0.5, 0.6) is 0 Å². The first-order valence-corrected chi connectivity index (χ1v) is 6.12. The Morgan fingerprint density at radius 2 is 2.40 bits per heavy atom. The van der Waals surface area contributed by atoms with E-state index >= 15 is 0 Å². The Balaban J connectivity index is 2.31. The van der Waals surface area contributed by atoms with E-state index in [0.717, 1.165) is 0 Å². The first kappa shape index (κ1) is 10.4. The van der Waals surface area contributed by atoms with Gasteiger partial charge in [-0.15, -0.1) is 0 Å². The molecule has 1 fully saturated rings. The zero-order chi connectivity index (χ0) is 10.9. The minimum absolute atomic E-state index is 0.267. The fourth-order valence-corrected chi connectivity index (χ4v) is 2.77. The van der Waals surface area contributed by atoms with Crippen LogP contribution in [-0.2, 0) is 14.5 Å². The van der Waals surface area contributed by atoms with Crippen LogP contribution in [0.1, 0.15) is 13.3 Å². The SMILES string of the molecule is CC[C@H]1CN(c2ccccn2)S(=O)(=O)O1. The minimum Gasteiger partial charge on any atom is -0.248 e. The number of pyridine rings is 1. The van der Waals surface area contributed by atoms with E-state index in [1.54, 1.807) is 24.4 Å². The van der Waals surface area contributed by atoms with Gasteiger partial charge >= 0.3 is 10.3 Å². The smallest absolute Gasteiger partial charge is 0.248 e. The number of aromatic nitrogens is 1. The Morgan fingerprint density at radius 3 is 2.93 bits per heavy atom. The van der Waals surface area contributed by atoms with Crippen molar-refractivity contribution in [3.63, 3.8) is 0 Å². The van der Waals surface area contributed by atoms with Gasteiger partial charge in [0, 0.05) is 6.20 Å². The third-order valence-corrected chi connectivity index (χ3v) is 3.65. The normalized spacial score (nSPS) is 24.3. The molecule has 5 nitrogen and oxygen atoms in total. The molecule has 1 atom stereocenters. The molecule has 0 aromatic carbocycles. The molecule has 15 heavy (non-hydrogen) atoms. The summed E-state index contributed by atoms with van der Waals surface area (Å²) >= 11 is 0. The van der Waals surface area contributed by atoms with Gasteiger partial charge in [-0.25, -0.2) is 13.5 Å². The summed E-state index contributed by atoms with van der Waals surface area (Å²) in [6.07, 6.45) is 1.96. The van der Waals surface area contributed by atoms with Crippen molar-refractivity contribution in [2.24, 2.45) is 0 Å². The second-order valence-electron chi connectivity index (χ2n) is 3.30. The topological polar surface area (TPSA) is 59.5 Å². The average molecular weight is 228 g/mol. The maximum atomic E-state index is 11.6. The molecule has 0 amide bonds. The second-order valence-corrected chi connectivity index (χ2v) is 4.79. The molecule has 2 heterocycles. The van der Waals surface area contributed by atoms with Gasteiger partial charge in [-0.1, -0.05) is 13.0 Å². The fraction of sp³-hybridized carbons (Fsp3) is 0.444. The van der Waals surface area contributed by atoms with Crippen molar-refractivity contribution in [1.82, 2.24) is 4.98 Å². The van der Waals surface area contributed by atoms with Crippen molar-refractivity contribution in [1.29, 1.82) is 0 Å². The van der Waals surface area contributed by atoms with E-state index in [0.29, 0.717) is 18.8 Å². The zero-order valence-electron chi connectivity index (χ0n) is 8.33. The van der Waals surface area contributed by atoms with E-state index in [-0.39, 0.29) is 6.10 Å². The van der Waals surface area contributed by atoms with E-state index in [1.807, 2.05) is 6.92 Å². The summed E-state index contributed by atoms with van der Waals surface area (Å²) in [4.78, 5) is 3.99. The molecule has 2 rings (SSSR count). The van der Waals surface area contributed by atoms with Crippen LogP contribution in [0.15, 0.2) is 24.4 Å². The van der Waals surface area contributed by atoms with Crippen molar-refractivity contribution >= 4 is 16.1 Å². The number of hydrogen-bond donors (Lipinski definition) is 0. The van der Waals surface area contributed by atoms with E-state index in [4.69, 9.17) is 4.18 Å². The van der Waals surface area contributed by atoms with E-state index < -0.39 is 10.3 Å². The van der Waals surface area contributed by atoms with E-state index in [9.17, 15) is 8.42 Å². The Hall–Kier alpha value is -1.14. The van der Waals surface area contributed by atoms with Gasteiger partial charge in [-0.05, 0) is 18.6 Å². The van der Waals surface area contributed by atoms with Crippen LogP contribution in [-0.4, -0.2) is 26.1 Å². The average Bonchev–Trinajstić information content (AvgIpc) is 2.55. The van der Waals surface area contributed by atoms with Crippen molar-refractivity contribution < 1.29 is 12.6 Å². The summed E-state index contributed by atoms with van der Waals surface area (Å²) in [6.45, 7) is 2.23. The molecule has 1 aromatic heterocycles. The van der Waals surface area contributed by atoms with Crippen molar-refractivity contribution in [2.75, 3.05) is 10.8 Å². The summed E-state index contributed by atoms with van der Waals surface area (Å²) in [5, 5.41) is 0. The molecule has 6 heteroatoms. The zero-order valence-corrected chi connectivity index (χ0v) is 9.14. The predicted molar refractivity (Wildman–Crippen MR) is 55.7 cm³/mol. The number of hydrogen-bond acceptors (Lipinski definition) is 4. The highest BCUT2D eigenvalue weighted by molar-refractivity contribution is 7.88. The third kappa shape index (κ3) is 1.95. The molecule has 0 saturated carbocycles. The van der Waals surface area contributed by atoms with Crippen LogP contribution in [0.25, 0.3) is 0 Å². The molecule has 1 aliphatic heterocycles. The van der Waals surface area contributed by atoms with E-state index in [2.05, 4.69) is 4.98 Å². The summed E-state index contributed by atoms with van der Waals surface area (Å²) < 4.78 is 29.3. The molecule has 0 spiro atoms. The first-order chi connectivity index (χ1) is 7.13. The van der Waals surface area contributed by atoms with Gasteiger partial charge in [-0.2, -0.15) is 8.42 Å². The lowest BCUT2D eigenvalue weighted by Crippen LogP contribution is -2.26. The molecule has 0 N–H and O–H groups in total. The van der Waals surface area contributed by atoms with Crippen LogP contribution in [0, 0.1) is 0 Å². The number of nitrogens with zero attached hydrogens (tertiary/aromatic N) is 2. The molecular weight excluding hydrogens is 216 g/mol. The van der Waals surface area contributed by atoms with Crippen LogP contribution >= 0.6 is 0 Å². The molecule has 82 valence electrons. The number of anilines is 1. The van der Waals surface area contributed by atoms with E-state index in [1.165, 1.54) is 4.31 Å². The molecule has 1 aromatic rings. The Labute approximate surface area is 88.9 Å². The molecule has 1 saturated heterocycles. The lowest BCUT2D eigenvalue weighted by atomic mass is 10.3. The third-order valence-electron chi connectivity index (χ3n) is 2.26. The highest BCUT2D eigenvalue weighted by Gasteiger charge is 2.36. The maximum absolute atomic E-state index is 11.6. The van der Waals surface area contributed by atoms with Crippen molar-refractivity contribution in [2.45, 2.75) is 19.4 Å². The summed E-state index contributed by atoms with van der Waals surface area (Å²) in [6, 6.07) is 5.14. The first-order valence-electron chi connectivity index (χ1n) is 4.75. The van der Waals surface area contributed by atoms with Crippen molar-refractivity contribution in [3.8, 4) is 0 Å². The fourth-order valence-electron chi connectivity index (χ4n) is 1.44. The molecule has 0 bridgehead atoms. The second kappa shape index (κ2) is 3.79. The van der Waals surface area contributed by atoms with Crippen LogP contribution in [0.3, 0.4) is 0 Å². The summed E-state index contributed by atoms with van der Waals surface area (Å²) in [5.74, 6) is 0.411. The quantitative estimate of drug-likeness (QED) is 0.756. The molecule has 0 radical (unpaired) electrons. The lowest BCUT2D eigenvalue weighted by Gasteiger charge is -2.12. The lowest BCUT2D eigenvalue weighted by molar-refractivity contribution is 0.244. The maximum Gasteiger partial charge on any atom is 0.364 e. The Bertz CT molecular complexity index is 432. The highest BCUT2D eigenvalue weighted by Crippen LogP contribution is 2.24. The Morgan fingerprint density at radius 1 is 1.60 bits per heavy atom. The largest absolute Gasteiger partial charge is 0.364 e. The minimum atomic E-state index is -3.63. The van der Waals surface area contributed by atoms with Gasteiger partial charge in [0.1, 0.15) is 5.82 Å². The summed E-state index contributed by atoms with van der Waals surface area (Å²) in [5.41, 5.74) is 0. The number of rotatable bonds is 2. The highest BCUT2D eigenvalue weighted by atomic mass is 32.2. The monoisotopic (exact) mass is 228 g/mol. The molecule has 0 aliphatic carbocycles. The van der Waals surface area contributed by atoms with Crippen LogP contribution in [0.2, 0.25) is 0 Å². The Kier molecular flexibility index (Phi) is 2.62. The summed E-state index contributed by atoms with van der Waals surface area (Å²) in [7, 11) is -3.63. The van der Waals surface area contributed by atoms with Gasteiger partial charge in [0.05, 0.1) is 12.6 Å². The standard InChI is InChI=1S/C9H12N2O3S/c1-2-8-7-11(15(12,13)14-8)9-5-3-4-6-10-9/h3-6,8H,2,7H2,1H3/t8-/m0/s1. The molecule has 0 unspecified atom stereocenters. The van der Waals surface area contributed by atoms with Gasteiger partial charge < -0.3 is 0 Å². The van der Waals surface area contributed by atoms with Crippen LogP contribution < -0.4 is 4.31 Å². The van der Waals surface area contributed by atoms with Gasteiger partial charge in [0.25, 0.3) is 0 Å². The molecule has 1 aliphatic rings. The van der Waals surface area contributed by atoms with Gasteiger partial charge in [0.2, 0.25) is 0 Å². The van der Waals surface area contributed by atoms with Crippen molar-refractivity contribution in [3.05, 3.63) is 24.4 Å².